The highest BCUT2D eigenvalue weighted by Gasteiger charge is 2.53. The number of nitrogens with zero attached hydrogens (tertiary/aromatic N) is 3. The summed E-state index contributed by atoms with van der Waals surface area (Å²) in [5.74, 6) is -3.13. The average molecular weight is 336 g/mol. The first-order chi connectivity index (χ1) is 12.0. The maximum Gasteiger partial charge on any atom is 0.191 e. The van der Waals surface area contributed by atoms with Gasteiger partial charge in [0.15, 0.2) is 17.0 Å². The van der Waals surface area contributed by atoms with Crippen molar-refractivity contribution in [3.05, 3.63) is 58.3 Å². The number of benzene rings is 1. The van der Waals surface area contributed by atoms with E-state index in [1.54, 1.807) is 0 Å². The number of halogens is 2. The molecule has 1 aromatic rings. The van der Waals surface area contributed by atoms with E-state index in [2.05, 4.69) is 0 Å². The van der Waals surface area contributed by atoms with E-state index in [-0.39, 0.29) is 17.2 Å². The van der Waals surface area contributed by atoms with Gasteiger partial charge in [-0.2, -0.15) is 15.8 Å². The zero-order chi connectivity index (χ0) is 18.2. The van der Waals surface area contributed by atoms with Crippen LogP contribution in [0.4, 0.5) is 8.78 Å². The summed E-state index contributed by atoms with van der Waals surface area (Å²) in [5, 5.41) is 29.1. The fourth-order valence-corrected chi connectivity index (χ4v) is 3.96. The van der Waals surface area contributed by atoms with E-state index in [1.807, 2.05) is 24.3 Å². The Balaban J connectivity index is 2.33. The second-order valence-corrected chi connectivity index (χ2v) is 6.28. The van der Waals surface area contributed by atoms with Crippen molar-refractivity contribution in [2.24, 2.45) is 17.1 Å². The summed E-state index contributed by atoms with van der Waals surface area (Å²) in [6, 6.07) is 9.31. The van der Waals surface area contributed by atoms with Crippen molar-refractivity contribution in [3.63, 3.8) is 0 Å². The number of allylic oxidation sites excluding steroid dienone is 4. The molecule has 2 aliphatic rings. The van der Waals surface area contributed by atoms with Gasteiger partial charge in [0.1, 0.15) is 6.07 Å². The Morgan fingerprint density at radius 3 is 2.44 bits per heavy atom. The number of nitriles is 3. The van der Waals surface area contributed by atoms with Gasteiger partial charge in [-0.05, 0) is 48.4 Å². The third-order valence-electron chi connectivity index (χ3n) is 5.10. The Hall–Kier alpha value is -3.17. The van der Waals surface area contributed by atoms with E-state index in [9.17, 15) is 24.6 Å². The van der Waals surface area contributed by atoms with Crippen LogP contribution < -0.4 is 5.73 Å². The zero-order valence-corrected chi connectivity index (χ0v) is 13.3. The van der Waals surface area contributed by atoms with Gasteiger partial charge in [-0.15, -0.1) is 0 Å². The van der Waals surface area contributed by atoms with E-state index in [0.29, 0.717) is 17.6 Å². The van der Waals surface area contributed by atoms with Gasteiger partial charge in [0.2, 0.25) is 0 Å². The maximum absolute atomic E-state index is 13.8. The molecule has 0 heterocycles. The van der Waals surface area contributed by atoms with Crippen LogP contribution in [0.3, 0.4) is 0 Å². The monoisotopic (exact) mass is 336 g/mol. The van der Waals surface area contributed by atoms with Crippen molar-refractivity contribution in [1.29, 1.82) is 15.8 Å². The van der Waals surface area contributed by atoms with Crippen LogP contribution in [0, 0.1) is 57.0 Å². The molecular weight excluding hydrogens is 322 g/mol. The fraction of sp³-hybridized carbons (Fsp3) is 0.316. The summed E-state index contributed by atoms with van der Waals surface area (Å²) < 4.78 is 27.2. The first kappa shape index (κ1) is 16.7. The van der Waals surface area contributed by atoms with Crippen LogP contribution in [-0.2, 0) is 0 Å². The minimum Gasteiger partial charge on any atom is -0.399 e. The highest BCUT2D eigenvalue weighted by atomic mass is 19.2. The lowest BCUT2D eigenvalue weighted by atomic mass is 9.57. The van der Waals surface area contributed by atoms with E-state index in [0.717, 1.165) is 25.0 Å². The molecule has 0 aromatic heterocycles. The van der Waals surface area contributed by atoms with Crippen LogP contribution in [0.25, 0.3) is 0 Å². The Bertz CT molecular complexity index is 910. The maximum atomic E-state index is 13.8. The smallest absolute Gasteiger partial charge is 0.191 e. The van der Waals surface area contributed by atoms with Crippen LogP contribution in [0.5, 0.6) is 0 Å². The fourth-order valence-electron chi connectivity index (χ4n) is 3.96. The lowest BCUT2D eigenvalue weighted by Crippen LogP contribution is -2.42. The van der Waals surface area contributed by atoms with Crippen molar-refractivity contribution < 1.29 is 8.78 Å². The van der Waals surface area contributed by atoms with Gasteiger partial charge in [0, 0.05) is 5.92 Å². The summed E-state index contributed by atoms with van der Waals surface area (Å²) in [6.07, 6.45) is 4.12. The standard InChI is InChI=1S/C19H14F2N4/c20-15-6-5-11(7-16(15)21)17-13-4-2-1-3-12(13)14(8-22)18(25)19(17,9-23)10-24/h3,5-7,13,17H,1-2,4,25H2. The van der Waals surface area contributed by atoms with Gasteiger partial charge in [-0.3, -0.25) is 0 Å². The minimum absolute atomic E-state index is 0.112. The summed E-state index contributed by atoms with van der Waals surface area (Å²) >= 11 is 0. The molecule has 2 atom stereocenters. The van der Waals surface area contributed by atoms with Gasteiger partial charge in [0.05, 0.1) is 23.4 Å². The number of fused-ring (bicyclic) bond motifs is 1. The predicted octanol–water partition coefficient (Wildman–Crippen LogP) is 3.56. The molecule has 4 nitrogen and oxygen atoms in total. The van der Waals surface area contributed by atoms with Crippen molar-refractivity contribution in [1.82, 2.24) is 0 Å². The highest BCUT2D eigenvalue weighted by Crippen LogP contribution is 2.55. The molecule has 0 bridgehead atoms. The lowest BCUT2D eigenvalue weighted by Gasteiger charge is -2.43. The number of hydrogen-bond donors (Lipinski definition) is 1. The Morgan fingerprint density at radius 1 is 1.12 bits per heavy atom. The molecule has 2 N–H and O–H groups in total. The normalized spacial score (nSPS) is 24.4. The van der Waals surface area contributed by atoms with Gasteiger partial charge < -0.3 is 5.73 Å². The SMILES string of the molecule is N#CC1=C(N)C(C#N)(C#N)C(c2ccc(F)c(F)c2)C2CCCC=C12. The van der Waals surface area contributed by atoms with Crippen LogP contribution in [0.15, 0.2) is 41.1 Å². The van der Waals surface area contributed by atoms with Crippen LogP contribution >= 0.6 is 0 Å². The zero-order valence-electron chi connectivity index (χ0n) is 13.3. The molecular formula is C19H14F2N4. The molecule has 0 amide bonds. The third-order valence-corrected chi connectivity index (χ3v) is 5.10. The average Bonchev–Trinajstić information content (AvgIpc) is 2.63. The summed E-state index contributed by atoms with van der Waals surface area (Å²) in [4.78, 5) is 0. The largest absolute Gasteiger partial charge is 0.399 e. The summed E-state index contributed by atoms with van der Waals surface area (Å²) in [7, 11) is 0. The van der Waals surface area contributed by atoms with Crippen LogP contribution in [0.2, 0.25) is 0 Å². The molecule has 0 saturated carbocycles. The van der Waals surface area contributed by atoms with E-state index < -0.39 is 23.0 Å². The molecule has 124 valence electrons. The molecule has 1 aromatic carbocycles. The number of rotatable bonds is 1. The van der Waals surface area contributed by atoms with E-state index in [4.69, 9.17) is 5.73 Å². The van der Waals surface area contributed by atoms with Crippen molar-refractivity contribution in [2.75, 3.05) is 0 Å². The Kier molecular flexibility index (Phi) is 4.03. The number of hydrogen-bond acceptors (Lipinski definition) is 4. The van der Waals surface area contributed by atoms with Crippen LogP contribution in [-0.4, -0.2) is 0 Å². The first-order valence-corrected chi connectivity index (χ1v) is 7.88. The molecule has 25 heavy (non-hydrogen) atoms. The second-order valence-electron chi connectivity index (χ2n) is 6.28. The lowest BCUT2D eigenvalue weighted by molar-refractivity contribution is 0.316. The highest BCUT2D eigenvalue weighted by molar-refractivity contribution is 5.59. The van der Waals surface area contributed by atoms with Crippen LogP contribution in [0.1, 0.15) is 30.7 Å². The molecule has 0 radical (unpaired) electrons. The van der Waals surface area contributed by atoms with Gasteiger partial charge in [-0.25, -0.2) is 8.78 Å². The minimum atomic E-state index is -1.80. The third kappa shape index (κ3) is 2.29. The number of nitrogens with two attached hydrogens (primary N) is 1. The van der Waals surface area contributed by atoms with Crippen molar-refractivity contribution in [3.8, 4) is 18.2 Å². The molecule has 0 aliphatic heterocycles. The van der Waals surface area contributed by atoms with Gasteiger partial charge in [-0.1, -0.05) is 12.1 Å². The first-order valence-electron chi connectivity index (χ1n) is 7.88. The van der Waals surface area contributed by atoms with Gasteiger partial charge >= 0.3 is 0 Å². The second kappa shape index (κ2) is 6.04. The topological polar surface area (TPSA) is 97.4 Å². The van der Waals surface area contributed by atoms with E-state index >= 15 is 0 Å². The summed E-state index contributed by atoms with van der Waals surface area (Å²) in [5.41, 5.74) is 5.38. The van der Waals surface area contributed by atoms with Gasteiger partial charge in [0.25, 0.3) is 0 Å². The Morgan fingerprint density at radius 2 is 1.84 bits per heavy atom. The predicted molar refractivity (Wildman–Crippen MR) is 85.0 cm³/mol. The van der Waals surface area contributed by atoms with E-state index in [1.165, 1.54) is 6.07 Å². The molecule has 3 rings (SSSR count). The van der Waals surface area contributed by atoms with Crippen molar-refractivity contribution >= 4 is 0 Å². The van der Waals surface area contributed by atoms with Crippen molar-refractivity contribution in [2.45, 2.75) is 25.2 Å². The Labute approximate surface area is 144 Å². The summed E-state index contributed by atoms with van der Waals surface area (Å²) in [6.45, 7) is 0. The molecule has 6 heteroatoms. The molecule has 2 unspecified atom stereocenters. The molecule has 0 spiro atoms. The molecule has 0 saturated heterocycles. The quantitative estimate of drug-likeness (QED) is 0.848. The molecule has 2 aliphatic carbocycles. The molecule has 0 fully saturated rings.